The number of hydrogen-bond donors (Lipinski definition) is 2. The fourth-order valence-corrected chi connectivity index (χ4v) is 2.52. The van der Waals surface area contributed by atoms with Crippen molar-refractivity contribution in [2.45, 2.75) is 6.18 Å². The average Bonchev–Trinajstić information content (AvgIpc) is 3.01. The molecular formula is C17H12ClF3N4O. The summed E-state index contributed by atoms with van der Waals surface area (Å²) < 4.78 is 39.7. The molecule has 0 radical (unpaired) electrons. The van der Waals surface area contributed by atoms with Crippen molar-refractivity contribution in [3.63, 3.8) is 0 Å². The van der Waals surface area contributed by atoms with Crippen molar-refractivity contribution in [2.24, 2.45) is 5.73 Å². The minimum atomic E-state index is -4.49. The largest absolute Gasteiger partial charge is 0.416 e. The van der Waals surface area contributed by atoms with E-state index < -0.39 is 17.6 Å². The van der Waals surface area contributed by atoms with Crippen molar-refractivity contribution in [1.82, 2.24) is 9.78 Å². The average molecular weight is 381 g/mol. The molecule has 0 fully saturated rings. The van der Waals surface area contributed by atoms with Gasteiger partial charge in [0.05, 0.1) is 22.0 Å². The lowest BCUT2D eigenvalue weighted by molar-refractivity contribution is -0.137. The summed E-state index contributed by atoms with van der Waals surface area (Å²) in [5.74, 6) is -0.409. The number of aromatic nitrogens is 2. The zero-order valence-electron chi connectivity index (χ0n) is 13.1. The monoisotopic (exact) mass is 380 g/mol. The summed E-state index contributed by atoms with van der Waals surface area (Å²) in [5.41, 5.74) is 5.27. The van der Waals surface area contributed by atoms with Crippen LogP contribution in [0.4, 0.5) is 24.7 Å². The summed E-state index contributed by atoms with van der Waals surface area (Å²) >= 11 is 5.97. The number of nitrogens with zero attached hydrogens (tertiary/aromatic N) is 2. The van der Waals surface area contributed by atoms with Crippen molar-refractivity contribution in [1.29, 1.82) is 0 Å². The van der Waals surface area contributed by atoms with Crippen LogP contribution >= 0.6 is 11.6 Å². The molecule has 0 aliphatic carbocycles. The predicted molar refractivity (Wildman–Crippen MR) is 91.8 cm³/mol. The van der Waals surface area contributed by atoms with E-state index in [0.717, 1.165) is 12.1 Å². The first kappa shape index (κ1) is 17.8. The zero-order valence-corrected chi connectivity index (χ0v) is 13.8. The van der Waals surface area contributed by atoms with Gasteiger partial charge in [0, 0.05) is 6.07 Å². The summed E-state index contributed by atoms with van der Waals surface area (Å²) in [7, 11) is 0. The molecule has 0 aliphatic rings. The summed E-state index contributed by atoms with van der Waals surface area (Å²) in [6.07, 6.45) is -4.49. The summed E-state index contributed by atoms with van der Waals surface area (Å²) in [6, 6.07) is 13.2. The van der Waals surface area contributed by atoms with Gasteiger partial charge in [0.15, 0.2) is 5.69 Å². The summed E-state index contributed by atoms with van der Waals surface area (Å²) in [5, 5.41) is 6.88. The molecule has 9 heteroatoms. The summed E-state index contributed by atoms with van der Waals surface area (Å²) in [6.45, 7) is 0. The van der Waals surface area contributed by atoms with Crippen LogP contribution in [0.1, 0.15) is 16.1 Å². The molecule has 3 aromatic rings. The highest BCUT2D eigenvalue weighted by atomic mass is 35.5. The molecule has 2 aromatic carbocycles. The van der Waals surface area contributed by atoms with Crippen molar-refractivity contribution >= 4 is 29.0 Å². The van der Waals surface area contributed by atoms with Crippen molar-refractivity contribution in [2.75, 3.05) is 5.32 Å². The number of carbonyl (C=O) groups is 1. The van der Waals surface area contributed by atoms with Crippen LogP contribution < -0.4 is 11.1 Å². The van der Waals surface area contributed by atoms with Crippen LogP contribution in [-0.4, -0.2) is 15.7 Å². The lowest BCUT2D eigenvalue weighted by Gasteiger charge is -2.13. The van der Waals surface area contributed by atoms with Gasteiger partial charge in [-0.1, -0.05) is 29.8 Å². The van der Waals surface area contributed by atoms with E-state index in [2.05, 4.69) is 10.4 Å². The van der Waals surface area contributed by atoms with Gasteiger partial charge in [-0.15, -0.1) is 0 Å². The second kappa shape index (κ2) is 6.72. The number of nitrogens with one attached hydrogen (secondary N) is 1. The van der Waals surface area contributed by atoms with Gasteiger partial charge in [0.25, 0.3) is 5.91 Å². The number of halogens is 4. The molecule has 0 saturated heterocycles. The van der Waals surface area contributed by atoms with E-state index in [4.69, 9.17) is 17.3 Å². The first-order valence-corrected chi connectivity index (χ1v) is 7.72. The Kier molecular flexibility index (Phi) is 4.60. The molecule has 0 saturated carbocycles. The SMILES string of the molecule is NC(=O)c1cc(Nc2ccc(C(F)(F)F)cc2Cl)n(-c2ccccc2)n1. The third-order valence-corrected chi connectivity index (χ3v) is 3.83. The second-order valence-electron chi connectivity index (χ2n) is 5.34. The first-order valence-electron chi connectivity index (χ1n) is 7.35. The molecule has 1 amide bonds. The number of nitrogens with two attached hydrogens (primary N) is 1. The number of alkyl halides is 3. The van der Waals surface area contributed by atoms with Gasteiger partial charge in [-0.05, 0) is 30.3 Å². The first-order chi connectivity index (χ1) is 12.3. The molecule has 3 rings (SSSR count). The Morgan fingerprint density at radius 2 is 1.81 bits per heavy atom. The highest BCUT2D eigenvalue weighted by molar-refractivity contribution is 6.33. The number of carbonyl (C=O) groups excluding carboxylic acids is 1. The molecule has 1 heterocycles. The molecular weight excluding hydrogens is 369 g/mol. The number of para-hydroxylation sites is 1. The Labute approximate surface area is 151 Å². The Hall–Kier alpha value is -3.00. The number of hydrogen-bond acceptors (Lipinski definition) is 3. The predicted octanol–water partition coefficient (Wildman–Crippen LogP) is 4.39. The van der Waals surface area contributed by atoms with Gasteiger partial charge in [0.1, 0.15) is 5.82 Å². The molecule has 0 bridgehead atoms. The van der Waals surface area contributed by atoms with Gasteiger partial charge >= 0.3 is 6.18 Å². The number of primary amides is 1. The Morgan fingerprint density at radius 1 is 1.12 bits per heavy atom. The van der Waals surface area contributed by atoms with Crippen LogP contribution in [0.15, 0.2) is 54.6 Å². The zero-order chi connectivity index (χ0) is 18.9. The standard InChI is InChI=1S/C17H12ClF3N4O/c18-12-8-10(17(19,20)21)6-7-13(12)23-15-9-14(16(22)26)24-25(15)11-4-2-1-3-5-11/h1-9,23H,(H2,22,26). The van der Waals surface area contributed by atoms with Gasteiger partial charge in [-0.3, -0.25) is 4.79 Å². The van der Waals surface area contributed by atoms with Gasteiger partial charge < -0.3 is 11.1 Å². The molecule has 26 heavy (non-hydrogen) atoms. The molecule has 5 nitrogen and oxygen atoms in total. The Morgan fingerprint density at radius 3 is 2.38 bits per heavy atom. The second-order valence-corrected chi connectivity index (χ2v) is 5.75. The quantitative estimate of drug-likeness (QED) is 0.705. The fourth-order valence-electron chi connectivity index (χ4n) is 2.29. The van der Waals surface area contributed by atoms with Crippen LogP contribution in [0, 0.1) is 0 Å². The lowest BCUT2D eigenvalue weighted by Crippen LogP contribution is -2.12. The molecule has 134 valence electrons. The number of benzene rings is 2. The molecule has 0 aliphatic heterocycles. The van der Waals surface area contributed by atoms with Crippen molar-refractivity contribution < 1.29 is 18.0 Å². The van der Waals surface area contributed by atoms with Crippen LogP contribution in [0.3, 0.4) is 0 Å². The molecule has 1 aromatic heterocycles. The van der Waals surface area contributed by atoms with Gasteiger partial charge in [-0.25, -0.2) is 4.68 Å². The van der Waals surface area contributed by atoms with E-state index in [1.807, 2.05) is 6.07 Å². The van der Waals surface area contributed by atoms with Crippen LogP contribution in [-0.2, 0) is 6.18 Å². The summed E-state index contributed by atoms with van der Waals surface area (Å²) in [4.78, 5) is 11.4. The number of amides is 1. The minimum absolute atomic E-state index is 0.000567. The van der Waals surface area contributed by atoms with E-state index >= 15 is 0 Å². The van der Waals surface area contributed by atoms with Crippen LogP contribution in [0.5, 0.6) is 0 Å². The number of rotatable bonds is 4. The third-order valence-electron chi connectivity index (χ3n) is 3.52. The van der Waals surface area contributed by atoms with Gasteiger partial charge in [-0.2, -0.15) is 18.3 Å². The minimum Gasteiger partial charge on any atom is -0.364 e. The van der Waals surface area contributed by atoms with Gasteiger partial charge in [0.2, 0.25) is 0 Å². The number of anilines is 2. The lowest BCUT2D eigenvalue weighted by atomic mass is 10.2. The molecule has 0 spiro atoms. The van der Waals surface area contributed by atoms with E-state index in [0.29, 0.717) is 11.5 Å². The Bertz CT molecular complexity index is 954. The highest BCUT2D eigenvalue weighted by Crippen LogP contribution is 2.35. The van der Waals surface area contributed by atoms with Crippen molar-refractivity contribution in [3.8, 4) is 5.69 Å². The fraction of sp³-hybridized carbons (Fsp3) is 0.0588. The maximum absolute atomic E-state index is 12.8. The highest BCUT2D eigenvalue weighted by Gasteiger charge is 2.31. The van der Waals surface area contributed by atoms with Crippen LogP contribution in [0.25, 0.3) is 5.69 Å². The van der Waals surface area contributed by atoms with E-state index in [1.54, 1.807) is 24.3 Å². The normalized spacial score (nSPS) is 11.4. The topological polar surface area (TPSA) is 72.9 Å². The molecule has 0 atom stereocenters. The maximum atomic E-state index is 12.8. The smallest absolute Gasteiger partial charge is 0.364 e. The molecule has 3 N–H and O–H groups in total. The van der Waals surface area contributed by atoms with E-state index in [1.165, 1.54) is 16.8 Å². The third kappa shape index (κ3) is 3.65. The van der Waals surface area contributed by atoms with Crippen LogP contribution in [0.2, 0.25) is 5.02 Å². The Balaban J connectivity index is 2.01. The van der Waals surface area contributed by atoms with E-state index in [9.17, 15) is 18.0 Å². The van der Waals surface area contributed by atoms with Crippen molar-refractivity contribution in [3.05, 3.63) is 70.9 Å². The molecule has 0 unspecified atom stereocenters. The van der Waals surface area contributed by atoms with E-state index in [-0.39, 0.29) is 16.4 Å². The maximum Gasteiger partial charge on any atom is 0.416 e.